The Balaban J connectivity index is 1.73. The first-order valence-corrected chi connectivity index (χ1v) is 9.07. The minimum absolute atomic E-state index is 0.0429. The van der Waals surface area contributed by atoms with Crippen LogP contribution in [0.1, 0.15) is 32.4 Å². The molecule has 0 N–H and O–H groups in total. The summed E-state index contributed by atoms with van der Waals surface area (Å²) in [7, 11) is 1.62. The van der Waals surface area contributed by atoms with E-state index >= 15 is 0 Å². The molecule has 0 spiro atoms. The normalized spacial score (nSPS) is 16.4. The number of hydrogen-bond acceptors (Lipinski definition) is 4. The lowest BCUT2D eigenvalue weighted by Gasteiger charge is -2.36. The molecule has 1 aliphatic rings. The number of ether oxygens (including phenoxy) is 1. The van der Waals surface area contributed by atoms with Gasteiger partial charge >= 0.3 is 0 Å². The van der Waals surface area contributed by atoms with Crippen LogP contribution in [-0.4, -0.2) is 29.4 Å². The lowest BCUT2D eigenvalue weighted by molar-refractivity contribution is 0.0696. The van der Waals surface area contributed by atoms with Crippen LogP contribution in [0.2, 0.25) is 0 Å². The van der Waals surface area contributed by atoms with Crippen molar-refractivity contribution in [3.8, 4) is 5.75 Å². The maximum Gasteiger partial charge on any atom is 0.254 e. The Morgan fingerprint density at radius 2 is 1.92 bits per heavy atom. The molecule has 3 heterocycles. The number of amides is 1. The summed E-state index contributed by atoms with van der Waals surface area (Å²) in [6.45, 7) is 0.714. The Labute approximate surface area is 150 Å². The zero-order valence-corrected chi connectivity index (χ0v) is 14.7. The van der Waals surface area contributed by atoms with Crippen molar-refractivity contribution in [2.45, 2.75) is 12.5 Å². The molecule has 1 amide bonds. The molecule has 4 rings (SSSR count). The van der Waals surface area contributed by atoms with Gasteiger partial charge in [-0.15, -0.1) is 11.3 Å². The highest BCUT2D eigenvalue weighted by molar-refractivity contribution is 7.10. The van der Waals surface area contributed by atoms with Crippen molar-refractivity contribution in [1.82, 2.24) is 9.88 Å². The van der Waals surface area contributed by atoms with E-state index < -0.39 is 0 Å². The summed E-state index contributed by atoms with van der Waals surface area (Å²) in [6.07, 6.45) is 4.47. The van der Waals surface area contributed by atoms with Crippen molar-refractivity contribution in [2.24, 2.45) is 0 Å². The monoisotopic (exact) mass is 350 g/mol. The fourth-order valence-electron chi connectivity index (χ4n) is 3.34. The molecule has 0 aliphatic carbocycles. The Morgan fingerprint density at radius 3 is 2.64 bits per heavy atom. The van der Waals surface area contributed by atoms with Crippen LogP contribution in [-0.2, 0) is 6.42 Å². The summed E-state index contributed by atoms with van der Waals surface area (Å²) >= 11 is 1.77. The molecule has 5 heteroatoms. The van der Waals surface area contributed by atoms with E-state index in [1.807, 2.05) is 41.3 Å². The van der Waals surface area contributed by atoms with Crippen molar-refractivity contribution in [2.75, 3.05) is 13.7 Å². The maximum atomic E-state index is 13.2. The Morgan fingerprint density at radius 1 is 1.16 bits per heavy atom. The van der Waals surface area contributed by atoms with E-state index in [9.17, 15) is 4.79 Å². The first-order chi connectivity index (χ1) is 12.3. The molecule has 0 saturated carbocycles. The van der Waals surface area contributed by atoms with Gasteiger partial charge in [-0.05, 0) is 65.4 Å². The third-order valence-corrected chi connectivity index (χ3v) is 5.58. The summed E-state index contributed by atoms with van der Waals surface area (Å²) in [5, 5.41) is 2.11. The van der Waals surface area contributed by atoms with Gasteiger partial charge in [0.1, 0.15) is 5.75 Å². The molecule has 2 aromatic heterocycles. The number of benzene rings is 1. The van der Waals surface area contributed by atoms with Gasteiger partial charge in [0.05, 0.1) is 13.2 Å². The molecular weight excluding hydrogens is 332 g/mol. The van der Waals surface area contributed by atoms with Crippen LogP contribution < -0.4 is 4.74 Å². The van der Waals surface area contributed by atoms with Crippen LogP contribution in [0.25, 0.3) is 0 Å². The third-order valence-electron chi connectivity index (χ3n) is 4.59. The van der Waals surface area contributed by atoms with Crippen molar-refractivity contribution in [1.29, 1.82) is 0 Å². The minimum atomic E-state index is -0.0624. The van der Waals surface area contributed by atoms with Crippen molar-refractivity contribution in [3.63, 3.8) is 0 Å². The molecule has 0 bridgehead atoms. The van der Waals surface area contributed by atoms with Crippen LogP contribution in [0.3, 0.4) is 0 Å². The fourth-order valence-corrected chi connectivity index (χ4v) is 4.24. The fraction of sp³-hybridized carbons (Fsp3) is 0.200. The van der Waals surface area contributed by atoms with Crippen LogP contribution in [0.5, 0.6) is 5.75 Å². The van der Waals surface area contributed by atoms with E-state index in [1.165, 1.54) is 10.4 Å². The van der Waals surface area contributed by atoms with Gasteiger partial charge in [0.25, 0.3) is 5.91 Å². The molecule has 1 atom stereocenters. The molecule has 4 nitrogen and oxygen atoms in total. The number of fused-ring (bicyclic) bond motifs is 1. The van der Waals surface area contributed by atoms with Crippen LogP contribution in [0.15, 0.2) is 60.2 Å². The number of hydrogen-bond donors (Lipinski definition) is 0. The molecule has 0 radical (unpaired) electrons. The van der Waals surface area contributed by atoms with Gasteiger partial charge in [-0.1, -0.05) is 0 Å². The van der Waals surface area contributed by atoms with Gasteiger partial charge in [-0.3, -0.25) is 9.78 Å². The predicted molar refractivity (Wildman–Crippen MR) is 98.1 cm³/mol. The topological polar surface area (TPSA) is 42.4 Å². The van der Waals surface area contributed by atoms with E-state index in [0.717, 1.165) is 17.7 Å². The van der Waals surface area contributed by atoms with Crippen molar-refractivity contribution in [3.05, 3.63) is 81.8 Å². The van der Waals surface area contributed by atoms with Crippen molar-refractivity contribution < 1.29 is 9.53 Å². The smallest absolute Gasteiger partial charge is 0.254 e. The average Bonchev–Trinajstić information content (AvgIpc) is 3.16. The zero-order valence-electron chi connectivity index (χ0n) is 13.9. The number of rotatable bonds is 3. The van der Waals surface area contributed by atoms with Crippen LogP contribution in [0, 0.1) is 0 Å². The first kappa shape index (κ1) is 15.8. The molecule has 1 aliphatic heterocycles. The van der Waals surface area contributed by atoms with Crippen LogP contribution >= 0.6 is 11.3 Å². The maximum absolute atomic E-state index is 13.2. The van der Waals surface area contributed by atoms with Gasteiger partial charge in [0.2, 0.25) is 0 Å². The Bertz CT molecular complexity index is 874. The molecule has 126 valence electrons. The lowest BCUT2D eigenvalue weighted by atomic mass is 9.93. The van der Waals surface area contributed by atoms with Gasteiger partial charge in [-0.2, -0.15) is 0 Å². The summed E-state index contributed by atoms with van der Waals surface area (Å²) in [4.78, 5) is 20.6. The Hall–Kier alpha value is -2.66. The van der Waals surface area contributed by atoms with Gasteiger partial charge in [-0.25, -0.2) is 0 Å². The van der Waals surface area contributed by atoms with Gasteiger partial charge < -0.3 is 9.64 Å². The second-order valence-corrected chi connectivity index (χ2v) is 6.96. The van der Waals surface area contributed by atoms with E-state index in [0.29, 0.717) is 12.1 Å². The molecule has 1 unspecified atom stereocenters. The molecule has 25 heavy (non-hydrogen) atoms. The van der Waals surface area contributed by atoms with E-state index in [4.69, 9.17) is 4.74 Å². The van der Waals surface area contributed by atoms with Gasteiger partial charge in [0, 0.05) is 29.4 Å². The van der Waals surface area contributed by atoms with E-state index in [-0.39, 0.29) is 11.9 Å². The lowest BCUT2D eigenvalue weighted by Crippen LogP contribution is -2.40. The second-order valence-electron chi connectivity index (χ2n) is 5.96. The second kappa shape index (κ2) is 6.69. The van der Waals surface area contributed by atoms with Gasteiger partial charge in [0.15, 0.2) is 0 Å². The highest BCUT2D eigenvalue weighted by atomic mass is 32.1. The quantitative estimate of drug-likeness (QED) is 0.718. The first-order valence-electron chi connectivity index (χ1n) is 8.19. The molecule has 0 fully saturated rings. The predicted octanol–water partition coefficient (Wildman–Crippen LogP) is 3.94. The minimum Gasteiger partial charge on any atom is -0.497 e. The number of carbonyl (C=O) groups excluding carboxylic acids is 1. The zero-order chi connectivity index (χ0) is 17.2. The molecular formula is C20H18N2O2S. The standard InChI is InChI=1S/C20H18N2O2S/c1-24-16-4-2-15(3-5-16)20(23)22-12-8-18-17(9-13-25-18)19(22)14-6-10-21-11-7-14/h2-7,9-11,13,19H,8,12H2,1H3. The average molecular weight is 350 g/mol. The largest absolute Gasteiger partial charge is 0.497 e. The number of nitrogens with zero attached hydrogens (tertiary/aromatic N) is 2. The number of methoxy groups -OCH3 is 1. The third kappa shape index (κ3) is 2.91. The summed E-state index contributed by atoms with van der Waals surface area (Å²) in [5.74, 6) is 0.794. The number of carbonyl (C=O) groups is 1. The Kier molecular flexibility index (Phi) is 4.24. The molecule has 3 aromatic rings. The molecule has 1 aromatic carbocycles. The summed E-state index contributed by atoms with van der Waals surface area (Å²) < 4.78 is 5.19. The highest BCUT2D eigenvalue weighted by Gasteiger charge is 2.33. The number of aromatic nitrogens is 1. The van der Waals surface area contributed by atoms with E-state index in [2.05, 4.69) is 16.4 Å². The van der Waals surface area contributed by atoms with Crippen molar-refractivity contribution >= 4 is 17.2 Å². The number of thiophene rings is 1. The number of pyridine rings is 1. The highest BCUT2D eigenvalue weighted by Crippen LogP contribution is 2.38. The SMILES string of the molecule is COc1ccc(C(=O)N2CCc3sccc3C2c2ccncc2)cc1. The van der Waals surface area contributed by atoms with Crippen LogP contribution in [0.4, 0.5) is 0 Å². The molecule has 0 saturated heterocycles. The summed E-state index contributed by atoms with van der Waals surface area (Å²) in [6, 6.07) is 13.4. The van der Waals surface area contributed by atoms with E-state index in [1.54, 1.807) is 30.8 Å². The summed E-state index contributed by atoms with van der Waals surface area (Å²) in [5.41, 5.74) is 3.00.